The second kappa shape index (κ2) is 9.32. The number of imidazole rings is 1. The molecule has 1 atom stereocenters. The first kappa shape index (κ1) is 23.8. The first-order chi connectivity index (χ1) is 15.1. The van der Waals surface area contributed by atoms with Gasteiger partial charge < -0.3 is 9.47 Å². The molecule has 1 aromatic heterocycles. The summed E-state index contributed by atoms with van der Waals surface area (Å²) in [5.41, 5.74) is 1.28. The number of aryl methyl sites for hydroxylation is 1. The van der Waals surface area contributed by atoms with Crippen molar-refractivity contribution in [3.05, 3.63) is 58.0 Å². The molecule has 0 radical (unpaired) electrons. The Morgan fingerprint density at radius 3 is 2.38 bits per heavy atom. The topological polar surface area (TPSA) is 79.5 Å². The Bertz CT molecular complexity index is 1280. The molecule has 0 fully saturated rings. The molecule has 32 heavy (non-hydrogen) atoms. The Morgan fingerprint density at radius 2 is 1.78 bits per heavy atom. The van der Waals surface area contributed by atoms with Crippen molar-refractivity contribution in [1.29, 1.82) is 0 Å². The Kier molecular flexibility index (Phi) is 6.92. The molecule has 0 unspecified atom stereocenters. The van der Waals surface area contributed by atoms with Crippen LogP contribution in [0.5, 0.6) is 11.5 Å². The van der Waals surface area contributed by atoms with Gasteiger partial charge in [0.2, 0.25) is 0 Å². The predicted octanol–water partition coefficient (Wildman–Crippen LogP) is 3.42. The number of rotatable bonds is 9. The van der Waals surface area contributed by atoms with E-state index in [0.717, 1.165) is 16.4 Å². The van der Waals surface area contributed by atoms with Crippen LogP contribution < -0.4 is 15.2 Å². The van der Waals surface area contributed by atoms with Gasteiger partial charge in [-0.1, -0.05) is 12.1 Å². The number of methoxy groups -OCH3 is 1. The van der Waals surface area contributed by atoms with Crippen LogP contribution in [0.2, 0.25) is 0 Å². The fourth-order valence-corrected chi connectivity index (χ4v) is 4.70. The number of halogens is 2. The van der Waals surface area contributed by atoms with Gasteiger partial charge in [0.25, 0.3) is 6.43 Å². The lowest BCUT2D eigenvalue weighted by atomic mass is 10.1. The highest BCUT2D eigenvalue weighted by Crippen LogP contribution is 2.33. The van der Waals surface area contributed by atoms with Gasteiger partial charge in [-0.2, -0.15) is 0 Å². The molecular weight excluding hydrogens is 442 g/mol. The van der Waals surface area contributed by atoms with E-state index in [1.165, 1.54) is 11.7 Å². The number of aromatic nitrogens is 2. The molecule has 0 aliphatic heterocycles. The third-order valence-electron chi connectivity index (χ3n) is 5.08. The van der Waals surface area contributed by atoms with E-state index in [1.807, 2.05) is 0 Å². The number of hydrogen-bond donors (Lipinski definition) is 0. The van der Waals surface area contributed by atoms with Crippen molar-refractivity contribution in [3.63, 3.8) is 0 Å². The molecule has 1 heterocycles. The second-order valence-corrected chi connectivity index (χ2v) is 9.78. The maximum atomic E-state index is 13.3. The summed E-state index contributed by atoms with van der Waals surface area (Å²) < 4.78 is 64.3. The smallest absolute Gasteiger partial charge is 0.329 e. The molecule has 0 saturated carbocycles. The lowest BCUT2D eigenvalue weighted by Gasteiger charge is -2.20. The number of nitrogens with zero attached hydrogens (tertiary/aromatic N) is 2. The number of hydrogen-bond acceptors (Lipinski definition) is 5. The van der Waals surface area contributed by atoms with E-state index in [9.17, 15) is 22.0 Å². The van der Waals surface area contributed by atoms with E-state index in [1.54, 1.807) is 50.2 Å². The quantitative estimate of drug-likeness (QED) is 0.481. The third kappa shape index (κ3) is 4.95. The first-order valence-electron chi connectivity index (χ1n) is 10.0. The average molecular weight is 469 g/mol. The van der Waals surface area contributed by atoms with Crippen molar-refractivity contribution < 1.29 is 26.7 Å². The van der Waals surface area contributed by atoms with Crippen LogP contribution in [0.1, 0.15) is 24.1 Å². The summed E-state index contributed by atoms with van der Waals surface area (Å²) in [5.74, 6) is 0.454. The first-order valence-corrected chi connectivity index (χ1v) is 12.1. The number of alkyl halides is 2. The van der Waals surface area contributed by atoms with Crippen LogP contribution in [0.15, 0.2) is 41.2 Å². The van der Waals surface area contributed by atoms with Crippen LogP contribution in [-0.4, -0.2) is 49.7 Å². The summed E-state index contributed by atoms with van der Waals surface area (Å²) in [6.07, 6.45) is -1.67. The summed E-state index contributed by atoms with van der Waals surface area (Å²) in [7, 11) is -2.07. The monoisotopic (exact) mass is 468 g/mol. The van der Waals surface area contributed by atoms with E-state index < -0.39 is 40.3 Å². The largest absolute Gasteiger partial charge is 0.493 e. The second-order valence-electron chi connectivity index (χ2n) is 7.60. The van der Waals surface area contributed by atoms with Crippen molar-refractivity contribution >= 4 is 20.9 Å². The normalized spacial score (nSPS) is 13.0. The minimum Gasteiger partial charge on any atom is -0.493 e. The van der Waals surface area contributed by atoms with Gasteiger partial charge >= 0.3 is 5.69 Å². The lowest BCUT2D eigenvalue weighted by Crippen LogP contribution is -2.32. The van der Waals surface area contributed by atoms with Gasteiger partial charge in [0, 0.05) is 6.26 Å². The number of ether oxygens (including phenoxy) is 2. The van der Waals surface area contributed by atoms with Gasteiger partial charge in [0.1, 0.15) is 9.84 Å². The Morgan fingerprint density at radius 1 is 1.06 bits per heavy atom. The van der Waals surface area contributed by atoms with Crippen molar-refractivity contribution in [2.75, 3.05) is 25.7 Å². The van der Waals surface area contributed by atoms with Gasteiger partial charge in [0.05, 0.1) is 43.1 Å². The maximum absolute atomic E-state index is 13.3. The number of fused-ring (bicyclic) bond motifs is 1. The lowest BCUT2D eigenvalue weighted by molar-refractivity contribution is 0.126. The minimum absolute atomic E-state index is 0.326. The molecular formula is C22H26F2N2O5S. The predicted molar refractivity (Wildman–Crippen MR) is 119 cm³/mol. The zero-order valence-electron chi connectivity index (χ0n) is 18.3. The highest BCUT2D eigenvalue weighted by Gasteiger charge is 2.27. The van der Waals surface area contributed by atoms with Crippen molar-refractivity contribution in [1.82, 2.24) is 9.13 Å². The minimum atomic E-state index is -3.56. The molecule has 10 heteroatoms. The summed E-state index contributed by atoms with van der Waals surface area (Å²) in [6.45, 7) is 3.15. The maximum Gasteiger partial charge on any atom is 0.329 e. The van der Waals surface area contributed by atoms with Gasteiger partial charge in [-0.05, 0) is 49.2 Å². The van der Waals surface area contributed by atoms with Crippen LogP contribution in [-0.2, 0) is 16.4 Å². The molecule has 2 aromatic carbocycles. The van der Waals surface area contributed by atoms with Gasteiger partial charge in [-0.3, -0.25) is 9.13 Å². The van der Waals surface area contributed by atoms with Crippen molar-refractivity contribution in [2.24, 2.45) is 0 Å². The standard InChI is InChI=1S/C22H26F2N2O5S/c1-5-31-20-11-15(7-9-19(20)30-3)18(13-32(4,28)29)26-16-8-6-14(2)10-17(16)25(22(26)27)12-21(23)24/h6-11,18,21H,5,12-13H2,1-4H3/t18-/m0/s1. The molecule has 174 valence electrons. The fourth-order valence-electron chi connectivity index (χ4n) is 3.78. The molecule has 0 aliphatic carbocycles. The zero-order valence-corrected chi connectivity index (χ0v) is 19.2. The van der Waals surface area contributed by atoms with Gasteiger partial charge in [-0.15, -0.1) is 0 Å². The van der Waals surface area contributed by atoms with Crippen LogP contribution >= 0.6 is 0 Å². The summed E-state index contributed by atoms with van der Waals surface area (Å²) in [4.78, 5) is 13.3. The summed E-state index contributed by atoms with van der Waals surface area (Å²) in [6, 6.07) is 8.99. The van der Waals surface area contributed by atoms with Crippen LogP contribution in [0.4, 0.5) is 8.78 Å². The number of sulfone groups is 1. The third-order valence-corrected chi connectivity index (χ3v) is 6.00. The summed E-state index contributed by atoms with van der Waals surface area (Å²) in [5, 5.41) is 0. The summed E-state index contributed by atoms with van der Waals surface area (Å²) >= 11 is 0. The van der Waals surface area contributed by atoms with E-state index in [0.29, 0.717) is 34.7 Å². The van der Waals surface area contributed by atoms with Crippen LogP contribution in [0.3, 0.4) is 0 Å². The van der Waals surface area contributed by atoms with E-state index in [4.69, 9.17) is 9.47 Å². The van der Waals surface area contributed by atoms with E-state index in [2.05, 4.69) is 0 Å². The van der Waals surface area contributed by atoms with E-state index in [-0.39, 0.29) is 0 Å². The Hall–Kier alpha value is -2.88. The fraction of sp³-hybridized carbons (Fsp3) is 0.409. The van der Waals surface area contributed by atoms with E-state index >= 15 is 0 Å². The molecule has 0 amide bonds. The molecule has 7 nitrogen and oxygen atoms in total. The highest BCUT2D eigenvalue weighted by atomic mass is 32.2. The molecule has 0 N–H and O–H groups in total. The van der Waals surface area contributed by atoms with Crippen LogP contribution in [0, 0.1) is 6.92 Å². The average Bonchev–Trinajstić information content (AvgIpc) is 2.96. The van der Waals surface area contributed by atoms with Crippen molar-refractivity contribution in [2.45, 2.75) is 32.9 Å². The van der Waals surface area contributed by atoms with Crippen molar-refractivity contribution in [3.8, 4) is 11.5 Å². The molecule has 0 aliphatic rings. The highest BCUT2D eigenvalue weighted by molar-refractivity contribution is 7.90. The SMILES string of the molecule is CCOc1cc([C@H](CS(C)(=O)=O)n2c(=O)n(CC(F)F)c3cc(C)ccc32)ccc1OC. The van der Waals surface area contributed by atoms with Crippen LogP contribution in [0.25, 0.3) is 11.0 Å². The van der Waals surface area contributed by atoms with Gasteiger partial charge in [0.15, 0.2) is 11.5 Å². The Balaban J connectivity index is 2.31. The van der Waals surface area contributed by atoms with Gasteiger partial charge in [-0.25, -0.2) is 22.0 Å². The molecule has 0 spiro atoms. The molecule has 3 aromatic rings. The molecule has 3 rings (SSSR count). The Labute approximate surface area is 185 Å². The molecule has 0 bridgehead atoms. The zero-order chi connectivity index (χ0) is 23.6. The number of benzene rings is 2. The molecule has 0 saturated heterocycles.